The van der Waals surface area contributed by atoms with Gasteiger partial charge in [-0.25, -0.2) is 28.2 Å². The van der Waals surface area contributed by atoms with E-state index in [9.17, 15) is 44.3 Å². The molecule has 40 heavy (non-hydrogen) atoms. The molecular formula is C17H26FN5O14P2S. The molecule has 19 nitrogen and oxygen atoms in total. The van der Waals surface area contributed by atoms with Gasteiger partial charge in [0.25, 0.3) is 0 Å². The van der Waals surface area contributed by atoms with Gasteiger partial charge in [-0.2, -0.15) is 0 Å². The average molecular weight is 637 g/mol. The van der Waals surface area contributed by atoms with Gasteiger partial charge in [0.2, 0.25) is 0 Å². The van der Waals surface area contributed by atoms with Crippen molar-refractivity contribution < 1.29 is 72.2 Å². The van der Waals surface area contributed by atoms with E-state index in [0.717, 1.165) is 6.33 Å². The van der Waals surface area contributed by atoms with Gasteiger partial charge in [-0.05, 0) is 11.8 Å². The van der Waals surface area contributed by atoms with E-state index >= 15 is 0 Å². The SMILES string of the molecule is Nc1ncnc2c1ncn2C1OC(COP(O)(=S)OP(=O)(O)OC2OC([C@@H](F)CO)C(O)C(O)C2O)C(O)C1O. The van der Waals surface area contributed by atoms with Gasteiger partial charge in [-0.3, -0.25) is 9.09 Å². The van der Waals surface area contributed by atoms with Crippen LogP contribution in [0.15, 0.2) is 12.7 Å². The number of alkyl halides is 1. The van der Waals surface area contributed by atoms with Gasteiger partial charge >= 0.3 is 14.5 Å². The summed E-state index contributed by atoms with van der Waals surface area (Å²) in [5.41, 5.74) is 6.10. The Hall–Kier alpha value is -1.36. The highest BCUT2D eigenvalue weighted by molar-refractivity contribution is 8.08. The number of phosphoric acid groups is 1. The first-order chi connectivity index (χ1) is 18.7. The Labute approximate surface area is 228 Å². The van der Waals surface area contributed by atoms with Crippen LogP contribution in [0, 0.1) is 0 Å². The van der Waals surface area contributed by atoms with Crippen molar-refractivity contribution in [1.29, 1.82) is 0 Å². The first kappa shape index (κ1) is 31.6. The summed E-state index contributed by atoms with van der Waals surface area (Å²) in [6, 6.07) is 0. The molecule has 0 bridgehead atoms. The molecule has 0 spiro atoms. The zero-order valence-electron chi connectivity index (χ0n) is 19.9. The second-order valence-corrected chi connectivity index (χ2v) is 13.1. The summed E-state index contributed by atoms with van der Waals surface area (Å²) < 4.78 is 52.0. The molecule has 4 heterocycles. The highest BCUT2D eigenvalue weighted by atomic mass is 32.5. The largest absolute Gasteiger partial charge is 0.481 e. The number of nitrogens with zero attached hydrogens (tertiary/aromatic N) is 4. The Kier molecular flexibility index (Phi) is 9.55. The number of anilines is 1. The van der Waals surface area contributed by atoms with Gasteiger partial charge in [-0.15, -0.1) is 0 Å². The summed E-state index contributed by atoms with van der Waals surface area (Å²) in [5, 5.41) is 59.5. The minimum absolute atomic E-state index is 0.0516. The highest BCUT2D eigenvalue weighted by Gasteiger charge is 2.51. The lowest BCUT2D eigenvalue weighted by Gasteiger charge is -2.41. The molecule has 0 aliphatic carbocycles. The zero-order valence-corrected chi connectivity index (χ0v) is 22.5. The Morgan fingerprint density at radius 1 is 1.07 bits per heavy atom. The second kappa shape index (κ2) is 12.1. The molecule has 226 valence electrons. The summed E-state index contributed by atoms with van der Waals surface area (Å²) in [6.45, 7) is -6.63. The number of ether oxygens (including phenoxy) is 2. The van der Waals surface area contributed by atoms with Crippen LogP contribution in [0.3, 0.4) is 0 Å². The van der Waals surface area contributed by atoms with Crippen molar-refractivity contribution in [1.82, 2.24) is 19.5 Å². The van der Waals surface area contributed by atoms with Crippen LogP contribution in [0.4, 0.5) is 10.2 Å². The fraction of sp³-hybridized carbons (Fsp3) is 0.706. The third-order valence-corrected chi connectivity index (χ3v) is 9.50. The number of aliphatic hydroxyl groups excluding tert-OH is 6. The van der Waals surface area contributed by atoms with E-state index in [4.69, 9.17) is 24.8 Å². The smallest absolute Gasteiger partial charge is 0.393 e. The number of imidazole rings is 1. The molecule has 11 unspecified atom stereocenters. The van der Waals surface area contributed by atoms with Gasteiger partial charge in [0.05, 0.1) is 19.5 Å². The number of hydrogen-bond donors (Lipinski definition) is 9. The molecule has 23 heteroatoms. The fourth-order valence-electron chi connectivity index (χ4n) is 3.99. The van der Waals surface area contributed by atoms with Crippen molar-refractivity contribution in [3.8, 4) is 0 Å². The molecule has 0 amide bonds. The van der Waals surface area contributed by atoms with Gasteiger partial charge < -0.3 is 60.2 Å². The third-order valence-electron chi connectivity index (χ3n) is 5.98. The van der Waals surface area contributed by atoms with E-state index in [1.165, 1.54) is 10.9 Å². The summed E-state index contributed by atoms with van der Waals surface area (Å²) in [7, 11) is -5.49. The van der Waals surface area contributed by atoms with Gasteiger partial charge in [0.1, 0.15) is 54.6 Å². The lowest BCUT2D eigenvalue weighted by molar-refractivity contribution is -0.287. The maximum absolute atomic E-state index is 13.9. The van der Waals surface area contributed by atoms with Crippen LogP contribution in [0.1, 0.15) is 6.23 Å². The van der Waals surface area contributed by atoms with E-state index in [0.29, 0.717) is 0 Å². The number of rotatable bonds is 10. The first-order valence-electron chi connectivity index (χ1n) is 11.2. The number of phosphoric ester groups is 1. The third kappa shape index (κ3) is 6.50. The number of nitrogens with two attached hydrogens (primary N) is 1. The Bertz CT molecular complexity index is 1300. The van der Waals surface area contributed by atoms with Crippen molar-refractivity contribution in [2.24, 2.45) is 0 Å². The van der Waals surface area contributed by atoms with Crippen molar-refractivity contribution in [3.05, 3.63) is 12.7 Å². The van der Waals surface area contributed by atoms with Crippen molar-refractivity contribution >= 4 is 43.3 Å². The lowest BCUT2D eigenvalue weighted by Crippen LogP contribution is -2.60. The molecule has 2 aromatic heterocycles. The average Bonchev–Trinajstić information content (AvgIpc) is 3.43. The molecule has 2 aromatic rings. The molecular weight excluding hydrogens is 611 g/mol. The van der Waals surface area contributed by atoms with Crippen molar-refractivity contribution in [2.45, 2.75) is 61.4 Å². The van der Waals surface area contributed by atoms with E-state index < -0.39 is 89.2 Å². The number of halogens is 1. The number of aliphatic hydroxyl groups is 6. The molecule has 2 fully saturated rings. The number of aromatic nitrogens is 4. The maximum Gasteiger partial charge on any atom is 0.481 e. The molecule has 12 atom stereocenters. The van der Waals surface area contributed by atoms with E-state index in [-0.39, 0.29) is 17.0 Å². The Morgan fingerprint density at radius 2 is 1.77 bits per heavy atom. The molecule has 2 saturated heterocycles. The molecule has 0 saturated carbocycles. The number of fused-ring (bicyclic) bond motifs is 1. The van der Waals surface area contributed by atoms with Crippen LogP contribution < -0.4 is 5.73 Å². The van der Waals surface area contributed by atoms with Crippen LogP contribution >= 0.6 is 14.5 Å². The molecule has 4 rings (SSSR count). The number of hydrogen-bond acceptors (Lipinski definition) is 17. The quantitative estimate of drug-likeness (QED) is 0.114. The van der Waals surface area contributed by atoms with Crippen LogP contribution in [-0.4, -0.2) is 128 Å². The summed E-state index contributed by atoms with van der Waals surface area (Å²) in [6.07, 6.45) is -16.3. The van der Waals surface area contributed by atoms with Gasteiger partial charge in [0.15, 0.2) is 30.2 Å². The Morgan fingerprint density at radius 3 is 2.45 bits per heavy atom. The molecule has 10 N–H and O–H groups in total. The molecule has 0 aromatic carbocycles. The Balaban J connectivity index is 1.38. The fourth-order valence-corrected chi connectivity index (χ4v) is 7.09. The topological polar surface area (TPSA) is 295 Å². The minimum Gasteiger partial charge on any atom is -0.393 e. The van der Waals surface area contributed by atoms with Crippen molar-refractivity contribution in [2.75, 3.05) is 18.9 Å². The molecule has 0 radical (unpaired) electrons. The van der Waals surface area contributed by atoms with Gasteiger partial charge in [0, 0.05) is 0 Å². The van der Waals surface area contributed by atoms with Crippen LogP contribution in [0.25, 0.3) is 11.2 Å². The van der Waals surface area contributed by atoms with Crippen molar-refractivity contribution in [3.63, 3.8) is 0 Å². The maximum atomic E-state index is 13.9. The zero-order chi connectivity index (χ0) is 29.6. The first-order valence-corrected chi connectivity index (χ1v) is 15.3. The number of nitrogen functional groups attached to an aromatic ring is 1. The van der Waals surface area contributed by atoms with E-state index in [2.05, 4.69) is 35.6 Å². The summed E-state index contributed by atoms with van der Waals surface area (Å²) in [4.78, 5) is 32.1. The standard InChI is InChI=1S/C17H26FN5O14P2S/c18-5(1-24)13-10(27)9(26)12(29)17(35-13)36-38(30,31)37-39(32,40)33-2-6-8(25)11(28)16(34-6)23-4-22-7-14(19)20-3-21-15(7)23/h3-6,8-13,16-17,24-29H,1-2H2,(H,30,31)(H,32,40)(H2,19,20,21)/t5-,6?,8?,9?,10?,11?,12?,13?,16?,17?,39?/m0/s1. The summed E-state index contributed by atoms with van der Waals surface area (Å²) in [5.74, 6) is 0.0516. The van der Waals surface area contributed by atoms with Gasteiger partial charge in [-0.1, -0.05) is 0 Å². The summed E-state index contributed by atoms with van der Waals surface area (Å²) >= 11 is 4.68. The second-order valence-electron chi connectivity index (χ2n) is 8.69. The predicted octanol–water partition coefficient (Wildman–Crippen LogP) is -3.47. The molecule has 2 aliphatic rings. The normalized spacial score (nSPS) is 36.8. The minimum atomic E-state index is -5.49. The van der Waals surface area contributed by atoms with Crippen LogP contribution in [0.5, 0.6) is 0 Å². The van der Waals surface area contributed by atoms with Crippen LogP contribution in [-0.2, 0) is 39.2 Å². The van der Waals surface area contributed by atoms with Crippen LogP contribution in [0.2, 0.25) is 0 Å². The van der Waals surface area contributed by atoms with E-state index in [1.807, 2.05) is 0 Å². The van der Waals surface area contributed by atoms with E-state index in [1.54, 1.807) is 0 Å². The monoisotopic (exact) mass is 637 g/mol. The molecule has 2 aliphatic heterocycles. The highest BCUT2D eigenvalue weighted by Crippen LogP contribution is 2.61. The lowest BCUT2D eigenvalue weighted by atomic mass is 9.96. The predicted molar refractivity (Wildman–Crippen MR) is 129 cm³/mol.